The van der Waals surface area contributed by atoms with Crippen molar-refractivity contribution < 1.29 is 0 Å². The summed E-state index contributed by atoms with van der Waals surface area (Å²) in [7, 11) is 2.02. The highest BCUT2D eigenvalue weighted by Crippen LogP contribution is 2.29. The number of hydrogen-bond donors (Lipinski definition) is 1. The van der Waals surface area contributed by atoms with E-state index in [1.807, 2.05) is 30.1 Å². The van der Waals surface area contributed by atoms with Gasteiger partial charge >= 0.3 is 0 Å². The zero-order valence-electron chi connectivity index (χ0n) is 12.1. The summed E-state index contributed by atoms with van der Waals surface area (Å²) in [6, 6.07) is 6.11. The Hall–Kier alpha value is -1.03. The molecule has 0 fully saturated rings. The van der Waals surface area contributed by atoms with Crippen molar-refractivity contribution in [3.8, 4) is 0 Å². The number of aromatic nitrogens is 2. The first-order valence-corrected chi connectivity index (χ1v) is 8.09. The molecule has 1 unspecified atom stereocenters. The normalized spacial score (nSPS) is 17.8. The second-order valence-electron chi connectivity index (χ2n) is 5.55. The largest absolute Gasteiger partial charge is 0.309 e. The molecule has 0 saturated heterocycles. The highest BCUT2D eigenvalue weighted by molar-refractivity contribution is 6.35. The first-order valence-electron chi connectivity index (χ1n) is 7.33. The zero-order valence-corrected chi connectivity index (χ0v) is 13.6. The summed E-state index contributed by atoms with van der Waals surface area (Å²) in [4.78, 5) is 0. The number of rotatable bonds is 4. The maximum Gasteiger partial charge on any atom is 0.0540 e. The average molecular weight is 324 g/mol. The highest BCUT2D eigenvalue weighted by Gasteiger charge is 2.22. The molecule has 0 aliphatic heterocycles. The van der Waals surface area contributed by atoms with Crippen LogP contribution in [0.3, 0.4) is 0 Å². The fourth-order valence-electron chi connectivity index (χ4n) is 3.02. The fraction of sp³-hybridized carbons (Fsp3) is 0.438. The Bertz CT molecular complexity index is 636. The third-order valence-corrected chi connectivity index (χ3v) is 4.76. The number of halogens is 2. The highest BCUT2D eigenvalue weighted by atomic mass is 35.5. The van der Waals surface area contributed by atoms with Gasteiger partial charge in [0.25, 0.3) is 0 Å². The molecule has 1 aliphatic rings. The van der Waals surface area contributed by atoms with E-state index < -0.39 is 0 Å². The Morgan fingerprint density at radius 3 is 3.05 bits per heavy atom. The van der Waals surface area contributed by atoms with E-state index in [9.17, 15) is 0 Å². The fourth-order valence-corrected chi connectivity index (χ4v) is 3.53. The molecule has 1 aliphatic carbocycles. The van der Waals surface area contributed by atoms with Crippen LogP contribution >= 0.6 is 23.2 Å². The Morgan fingerprint density at radius 2 is 2.24 bits per heavy atom. The standard InChI is InChI=1S/C16H19Cl2N3/c1-21-16-4-2-3-15(13(16)10-20-21)19-8-7-11-5-6-12(17)9-14(11)18/h5-6,9-10,15,19H,2-4,7-8H2,1H3. The number of aryl methyl sites for hydroxylation is 1. The first-order chi connectivity index (χ1) is 10.1. The van der Waals surface area contributed by atoms with Gasteiger partial charge in [0.1, 0.15) is 0 Å². The van der Waals surface area contributed by atoms with Crippen molar-refractivity contribution in [1.29, 1.82) is 0 Å². The molecule has 1 heterocycles. The summed E-state index contributed by atoms with van der Waals surface area (Å²) >= 11 is 12.1. The van der Waals surface area contributed by atoms with Gasteiger partial charge < -0.3 is 5.32 Å². The lowest BCUT2D eigenvalue weighted by Gasteiger charge is -2.24. The predicted octanol–water partition coefficient (Wildman–Crippen LogP) is 3.94. The predicted molar refractivity (Wildman–Crippen MR) is 87.1 cm³/mol. The van der Waals surface area contributed by atoms with Crippen molar-refractivity contribution in [1.82, 2.24) is 15.1 Å². The van der Waals surface area contributed by atoms with E-state index in [1.165, 1.54) is 24.1 Å². The van der Waals surface area contributed by atoms with Gasteiger partial charge in [0.05, 0.1) is 6.20 Å². The quantitative estimate of drug-likeness (QED) is 0.923. The molecule has 1 aromatic heterocycles. The topological polar surface area (TPSA) is 29.9 Å². The molecule has 0 radical (unpaired) electrons. The Labute approximate surface area is 135 Å². The first kappa shape index (κ1) is 14.9. The van der Waals surface area contributed by atoms with Crippen LogP contribution in [0, 0.1) is 0 Å². The van der Waals surface area contributed by atoms with Crippen LogP contribution in [0.1, 0.15) is 35.7 Å². The van der Waals surface area contributed by atoms with Crippen LogP contribution in [0.25, 0.3) is 0 Å². The van der Waals surface area contributed by atoms with Crippen LogP contribution in [0.15, 0.2) is 24.4 Å². The van der Waals surface area contributed by atoms with Crippen LogP contribution in [0.5, 0.6) is 0 Å². The number of hydrogen-bond acceptors (Lipinski definition) is 2. The summed E-state index contributed by atoms with van der Waals surface area (Å²) in [5, 5.41) is 9.45. The number of fused-ring (bicyclic) bond motifs is 1. The monoisotopic (exact) mass is 323 g/mol. The smallest absolute Gasteiger partial charge is 0.0540 e. The molecule has 1 atom stereocenters. The van der Waals surface area contributed by atoms with Crippen molar-refractivity contribution in [3.63, 3.8) is 0 Å². The molecule has 0 bridgehead atoms. The van der Waals surface area contributed by atoms with Crippen LogP contribution < -0.4 is 5.32 Å². The molecule has 3 nitrogen and oxygen atoms in total. The molecule has 112 valence electrons. The Kier molecular flexibility index (Phi) is 4.53. The van der Waals surface area contributed by atoms with E-state index in [2.05, 4.69) is 10.4 Å². The number of nitrogens with zero attached hydrogens (tertiary/aromatic N) is 2. The molecule has 0 saturated carbocycles. The minimum atomic E-state index is 0.411. The van der Waals surface area contributed by atoms with E-state index in [4.69, 9.17) is 23.2 Å². The number of nitrogens with one attached hydrogen (secondary N) is 1. The van der Waals surface area contributed by atoms with Gasteiger partial charge in [0, 0.05) is 34.4 Å². The maximum absolute atomic E-state index is 6.21. The third kappa shape index (κ3) is 3.25. The second-order valence-corrected chi connectivity index (χ2v) is 6.40. The van der Waals surface area contributed by atoms with Crippen molar-refractivity contribution >= 4 is 23.2 Å². The SMILES string of the molecule is Cn1ncc2c1CCCC2NCCc1ccc(Cl)cc1Cl. The molecule has 5 heteroatoms. The lowest BCUT2D eigenvalue weighted by molar-refractivity contribution is 0.455. The molecular formula is C16H19Cl2N3. The van der Waals surface area contributed by atoms with Gasteiger partial charge in [-0.1, -0.05) is 29.3 Å². The Morgan fingerprint density at radius 1 is 1.38 bits per heavy atom. The molecule has 21 heavy (non-hydrogen) atoms. The van der Waals surface area contributed by atoms with Gasteiger partial charge in [0.2, 0.25) is 0 Å². The van der Waals surface area contributed by atoms with Gasteiger partial charge in [-0.3, -0.25) is 4.68 Å². The molecular weight excluding hydrogens is 305 g/mol. The van der Waals surface area contributed by atoms with Crippen LogP contribution in [-0.4, -0.2) is 16.3 Å². The van der Waals surface area contributed by atoms with E-state index >= 15 is 0 Å². The van der Waals surface area contributed by atoms with Crippen LogP contribution in [0.4, 0.5) is 0 Å². The molecule has 0 spiro atoms. The summed E-state index contributed by atoms with van der Waals surface area (Å²) < 4.78 is 2.00. The Balaban J connectivity index is 1.61. The van der Waals surface area contributed by atoms with E-state index in [-0.39, 0.29) is 0 Å². The minimum Gasteiger partial charge on any atom is -0.309 e. The molecule has 2 aromatic rings. The maximum atomic E-state index is 6.21. The summed E-state index contributed by atoms with van der Waals surface area (Å²) in [6.45, 7) is 0.903. The minimum absolute atomic E-state index is 0.411. The second kappa shape index (κ2) is 6.39. The van der Waals surface area contributed by atoms with Crippen molar-refractivity contribution in [2.45, 2.75) is 31.7 Å². The van der Waals surface area contributed by atoms with Crippen molar-refractivity contribution in [2.24, 2.45) is 7.05 Å². The zero-order chi connectivity index (χ0) is 14.8. The molecule has 0 amide bonds. The van der Waals surface area contributed by atoms with Gasteiger partial charge in [-0.05, 0) is 49.9 Å². The molecule has 1 N–H and O–H groups in total. The van der Waals surface area contributed by atoms with Crippen LogP contribution in [0.2, 0.25) is 10.0 Å². The molecule has 3 rings (SSSR count). The summed E-state index contributed by atoms with van der Waals surface area (Å²) in [5.74, 6) is 0. The van der Waals surface area contributed by atoms with Gasteiger partial charge in [-0.2, -0.15) is 5.10 Å². The average Bonchev–Trinajstić information content (AvgIpc) is 2.84. The number of benzene rings is 1. The van der Waals surface area contributed by atoms with E-state index in [0.717, 1.165) is 30.0 Å². The third-order valence-electron chi connectivity index (χ3n) is 4.18. The lowest BCUT2D eigenvalue weighted by Crippen LogP contribution is -2.27. The molecule has 1 aromatic carbocycles. The van der Waals surface area contributed by atoms with Gasteiger partial charge in [0.15, 0.2) is 0 Å². The lowest BCUT2D eigenvalue weighted by atomic mass is 9.93. The van der Waals surface area contributed by atoms with E-state index in [0.29, 0.717) is 11.1 Å². The summed E-state index contributed by atoms with van der Waals surface area (Å²) in [6.07, 6.45) is 6.43. The summed E-state index contributed by atoms with van der Waals surface area (Å²) in [5.41, 5.74) is 3.85. The van der Waals surface area contributed by atoms with Crippen molar-refractivity contribution in [3.05, 3.63) is 51.3 Å². The van der Waals surface area contributed by atoms with Gasteiger partial charge in [-0.15, -0.1) is 0 Å². The van der Waals surface area contributed by atoms with Gasteiger partial charge in [-0.25, -0.2) is 0 Å². The van der Waals surface area contributed by atoms with E-state index in [1.54, 1.807) is 6.07 Å². The van der Waals surface area contributed by atoms with Crippen LogP contribution in [-0.2, 0) is 19.9 Å². The van der Waals surface area contributed by atoms with Crippen molar-refractivity contribution in [2.75, 3.05) is 6.54 Å².